The molecular formula is C19H23NO3. The minimum absolute atomic E-state index is 0.175. The van der Waals surface area contributed by atoms with Gasteiger partial charge in [-0.15, -0.1) is 0 Å². The van der Waals surface area contributed by atoms with E-state index in [4.69, 9.17) is 9.47 Å². The summed E-state index contributed by atoms with van der Waals surface area (Å²) in [5.41, 5.74) is 3.01. The molecule has 0 heterocycles. The van der Waals surface area contributed by atoms with Crippen LogP contribution in [0.4, 0.5) is 5.69 Å². The van der Waals surface area contributed by atoms with E-state index in [9.17, 15) is 4.79 Å². The van der Waals surface area contributed by atoms with Crippen molar-refractivity contribution in [2.75, 3.05) is 11.9 Å². The van der Waals surface area contributed by atoms with Crippen LogP contribution in [0.3, 0.4) is 0 Å². The van der Waals surface area contributed by atoms with Gasteiger partial charge in [-0.2, -0.15) is 0 Å². The Morgan fingerprint density at radius 1 is 1.09 bits per heavy atom. The highest BCUT2D eigenvalue weighted by molar-refractivity contribution is 5.94. The number of rotatable bonds is 6. The summed E-state index contributed by atoms with van der Waals surface area (Å²) in [6.45, 7) is 8.28. The van der Waals surface area contributed by atoms with Gasteiger partial charge in [-0.3, -0.25) is 4.79 Å². The maximum absolute atomic E-state index is 12.3. The summed E-state index contributed by atoms with van der Waals surface area (Å²) in [7, 11) is 0. The van der Waals surface area contributed by atoms with Crippen molar-refractivity contribution in [1.82, 2.24) is 0 Å². The molecule has 1 unspecified atom stereocenters. The lowest BCUT2D eigenvalue weighted by atomic mass is 10.1. The first-order chi connectivity index (χ1) is 11.0. The average Bonchev–Trinajstić information content (AvgIpc) is 2.52. The van der Waals surface area contributed by atoms with Crippen molar-refractivity contribution < 1.29 is 14.3 Å². The molecule has 4 nitrogen and oxygen atoms in total. The van der Waals surface area contributed by atoms with Gasteiger partial charge in [0.05, 0.1) is 6.61 Å². The summed E-state index contributed by atoms with van der Waals surface area (Å²) in [6.07, 6.45) is -0.589. The van der Waals surface area contributed by atoms with E-state index in [2.05, 4.69) is 5.32 Å². The highest BCUT2D eigenvalue weighted by Crippen LogP contribution is 2.20. The van der Waals surface area contributed by atoms with Crippen LogP contribution in [0, 0.1) is 13.8 Å². The summed E-state index contributed by atoms with van der Waals surface area (Å²) in [4.78, 5) is 12.3. The number of carbonyl (C=O) groups is 1. The van der Waals surface area contributed by atoms with Crippen LogP contribution in [0.5, 0.6) is 11.5 Å². The first-order valence-corrected chi connectivity index (χ1v) is 7.77. The zero-order valence-electron chi connectivity index (χ0n) is 14.1. The van der Waals surface area contributed by atoms with Gasteiger partial charge in [0, 0.05) is 5.69 Å². The van der Waals surface area contributed by atoms with E-state index >= 15 is 0 Å². The van der Waals surface area contributed by atoms with Crippen LogP contribution >= 0.6 is 0 Å². The van der Waals surface area contributed by atoms with Crippen LogP contribution in [0.15, 0.2) is 42.5 Å². The second-order valence-corrected chi connectivity index (χ2v) is 5.47. The van der Waals surface area contributed by atoms with Crippen LogP contribution in [-0.4, -0.2) is 18.6 Å². The lowest BCUT2D eigenvalue weighted by molar-refractivity contribution is -0.122. The van der Waals surface area contributed by atoms with Gasteiger partial charge < -0.3 is 14.8 Å². The van der Waals surface area contributed by atoms with Crippen molar-refractivity contribution in [2.24, 2.45) is 0 Å². The van der Waals surface area contributed by atoms with Gasteiger partial charge in [0.2, 0.25) is 0 Å². The number of ether oxygens (including phenoxy) is 2. The van der Waals surface area contributed by atoms with Gasteiger partial charge >= 0.3 is 0 Å². The number of aryl methyl sites for hydroxylation is 2. The Kier molecular flexibility index (Phi) is 5.63. The van der Waals surface area contributed by atoms with Crippen molar-refractivity contribution >= 4 is 11.6 Å². The molecule has 4 heteroatoms. The Balaban J connectivity index is 1.96. The van der Waals surface area contributed by atoms with Gasteiger partial charge in [0.25, 0.3) is 5.91 Å². The first kappa shape index (κ1) is 16.9. The molecule has 0 bridgehead atoms. The lowest BCUT2D eigenvalue weighted by Gasteiger charge is -2.16. The van der Waals surface area contributed by atoms with E-state index in [-0.39, 0.29) is 5.91 Å². The molecule has 0 fully saturated rings. The predicted molar refractivity (Wildman–Crippen MR) is 92.2 cm³/mol. The number of anilines is 1. The monoisotopic (exact) mass is 313 g/mol. The summed E-state index contributed by atoms with van der Waals surface area (Å²) in [5, 5.41) is 2.90. The van der Waals surface area contributed by atoms with Crippen molar-refractivity contribution in [1.29, 1.82) is 0 Å². The Bertz CT molecular complexity index is 665. The van der Waals surface area contributed by atoms with Gasteiger partial charge in [0.1, 0.15) is 11.5 Å². The summed E-state index contributed by atoms with van der Waals surface area (Å²) < 4.78 is 11.1. The second kappa shape index (κ2) is 7.68. The molecule has 1 N–H and O–H groups in total. The molecule has 1 atom stereocenters. The zero-order valence-corrected chi connectivity index (χ0v) is 14.1. The molecule has 23 heavy (non-hydrogen) atoms. The largest absolute Gasteiger partial charge is 0.494 e. The molecule has 0 saturated carbocycles. The second-order valence-electron chi connectivity index (χ2n) is 5.47. The van der Waals surface area contributed by atoms with E-state index in [0.29, 0.717) is 12.4 Å². The number of carbonyl (C=O) groups excluding carboxylic acids is 1. The van der Waals surface area contributed by atoms with E-state index in [1.807, 2.05) is 51.1 Å². The van der Waals surface area contributed by atoms with E-state index in [1.165, 1.54) is 5.56 Å². The Hall–Kier alpha value is -2.49. The molecular weight excluding hydrogens is 290 g/mol. The molecule has 2 aromatic carbocycles. The van der Waals surface area contributed by atoms with Gasteiger partial charge in [0.15, 0.2) is 6.10 Å². The fourth-order valence-electron chi connectivity index (χ4n) is 2.23. The number of benzene rings is 2. The summed E-state index contributed by atoms with van der Waals surface area (Å²) >= 11 is 0. The molecule has 2 rings (SSSR count). The fourth-order valence-corrected chi connectivity index (χ4v) is 2.23. The quantitative estimate of drug-likeness (QED) is 0.873. The molecule has 1 amide bonds. The normalized spacial score (nSPS) is 11.7. The maximum atomic E-state index is 12.3. The van der Waals surface area contributed by atoms with Crippen LogP contribution in [0.2, 0.25) is 0 Å². The third kappa shape index (κ3) is 4.74. The average molecular weight is 313 g/mol. The van der Waals surface area contributed by atoms with Crippen molar-refractivity contribution in [2.45, 2.75) is 33.8 Å². The molecule has 2 aromatic rings. The highest BCUT2D eigenvalue weighted by Gasteiger charge is 2.15. The minimum atomic E-state index is -0.589. The molecule has 0 aliphatic heterocycles. The number of hydrogen-bond donors (Lipinski definition) is 1. The molecule has 0 aliphatic rings. The topological polar surface area (TPSA) is 47.6 Å². The summed E-state index contributed by atoms with van der Waals surface area (Å²) in [6, 6.07) is 13.2. The minimum Gasteiger partial charge on any atom is -0.494 e. The van der Waals surface area contributed by atoms with Gasteiger partial charge in [-0.1, -0.05) is 17.7 Å². The molecule has 122 valence electrons. The Labute approximate surface area is 137 Å². The zero-order chi connectivity index (χ0) is 16.8. The maximum Gasteiger partial charge on any atom is 0.265 e. The Morgan fingerprint density at radius 2 is 1.74 bits per heavy atom. The standard InChI is InChI=1S/C19H23NO3/c1-5-22-16-7-9-17(10-8-16)23-15(4)19(21)20-18-11-6-13(2)12-14(18)3/h6-12,15H,5H2,1-4H3,(H,20,21). The van der Waals surface area contributed by atoms with Crippen molar-refractivity contribution in [3.05, 3.63) is 53.6 Å². The predicted octanol–water partition coefficient (Wildman–Crippen LogP) is 4.11. The van der Waals surface area contributed by atoms with Gasteiger partial charge in [-0.25, -0.2) is 0 Å². The third-order valence-electron chi connectivity index (χ3n) is 3.46. The smallest absolute Gasteiger partial charge is 0.265 e. The Morgan fingerprint density at radius 3 is 2.35 bits per heavy atom. The molecule has 0 aromatic heterocycles. The SMILES string of the molecule is CCOc1ccc(OC(C)C(=O)Nc2ccc(C)cc2C)cc1. The van der Waals surface area contributed by atoms with Crippen LogP contribution in [0.25, 0.3) is 0 Å². The molecule has 0 radical (unpaired) electrons. The number of nitrogens with one attached hydrogen (secondary N) is 1. The van der Waals surface area contributed by atoms with Crippen molar-refractivity contribution in [3.8, 4) is 11.5 Å². The van der Waals surface area contributed by atoms with Crippen LogP contribution < -0.4 is 14.8 Å². The molecule has 0 spiro atoms. The fraction of sp³-hybridized carbons (Fsp3) is 0.316. The third-order valence-corrected chi connectivity index (χ3v) is 3.46. The van der Waals surface area contributed by atoms with Crippen LogP contribution in [0.1, 0.15) is 25.0 Å². The number of amides is 1. The molecule has 0 saturated heterocycles. The van der Waals surface area contributed by atoms with E-state index in [0.717, 1.165) is 17.0 Å². The van der Waals surface area contributed by atoms with E-state index in [1.54, 1.807) is 19.1 Å². The van der Waals surface area contributed by atoms with Crippen molar-refractivity contribution in [3.63, 3.8) is 0 Å². The summed E-state index contributed by atoms with van der Waals surface area (Å²) in [5.74, 6) is 1.25. The first-order valence-electron chi connectivity index (χ1n) is 7.77. The highest BCUT2D eigenvalue weighted by atomic mass is 16.5. The van der Waals surface area contributed by atoms with E-state index < -0.39 is 6.10 Å². The van der Waals surface area contributed by atoms with Gasteiger partial charge in [-0.05, 0) is 63.6 Å². The lowest BCUT2D eigenvalue weighted by Crippen LogP contribution is -2.30. The van der Waals surface area contributed by atoms with Crippen LogP contribution in [-0.2, 0) is 4.79 Å². The molecule has 0 aliphatic carbocycles. The number of hydrogen-bond acceptors (Lipinski definition) is 3.